The Bertz CT molecular complexity index is 1010. The van der Waals surface area contributed by atoms with E-state index in [4.69, 9.17) is 0 Å². The Morgan fingerprint density at radius 2 is 1.25 bits per heavy atom. The van der Waals surface area contributed by atoms with Crippen molar-refractivity contribution in [2.75, 3.05) is 0 Å². The topological polar surface area (TPSA) is 46.4 Å². The van der Waals surface area contributed by atoms with E-state index < -0.39 is 11.6 Å². The Morgan fingerprint density at radius 3 is 1.79 bits per heavy atom. The zero-order valence-corrected chi connectivity index (χ0v) is 15.9. The lowest BCUT2D eigenvalue weighted by Crippen LogP contribution is -2.51. The van der Waals surface area contributed by atoms with Gasteiger partial charge in [0.05, 0.1) is 11.1 Å². The van der Waals surface area contributed by atoms with Gasteiger partial charge in [0.25, 0.3) is 11.7 Å². The number of nitrogens with zero attached hydrogens (tertiary/aromatic N) is 2. The molecule has 0 radical (unpaired) electrons. The predicted octanol–water partition coefficient (Wildman–Crippen LogP) is 5.62. The number of nitroso groups, excluding NO2 is 1. The first kappa shape index (κ1) is 18.1. The van der Waals surface area contributed by atoms with Crippen molar-refractivity contribution in [2.45, 2.75) is 25.4 Å². The van der Waals surface area contributed by atoms with Crippen molar-refractivity contribution in [2.24, 2.45) is 0 Å². The van der Waals surface area contributed by atoms with E-state index in [1.54, 1.807) is 0 Å². The van der Waals surface area contributed by atoms with Gasteiger partial charge in [-0.1, -0.05) is 78.9 Å². The third-order valence-electron chi connectivity index (χ3n) is 5.28. The SMILES string of the molecule is CC1(C)[C@@H](c2ccccc2)[N+](=O)C(c2ccccc2)=C(c2ccccc2)N1[O-]. The van der Waals surface area contributed by atoms with Crippen LogP contribution in [0.1, 0.15) is 36.6 Å². The highest BCUT2D eigenvalue weighted by molar-refractivity contribution is 5.87. The zero-order valence-electron chi connectivity index (χ0n) is 15.9. The minimum absolute atomic E-state index is 0.398. The van der Waals surface area contributed by atoms with Crippen molar-refractivity contribution in [1.82, 2.24) is 5.06 Å². The molecule has 0 bridgehead atoms. The summed E-state index contributed by atoms with van der Waals surface area (Å²) >= 11 is 0. The number of hydrogen-bond acceptors (Lipinski definition) is 3. The van der Waals surface area contributed by atoms with E-state index in [-0.39, 0.29) is 0 Å². The molecule has 0 aromatic heterocycles. The summed E-state index contributed by atoms with van der Waals surface area (Å²) in [5.74, 6) is 0. The van der Waals surface area contributed by atoms with Gasteiger partial charge in [-0.25, -0.2) is 0 Å². The molecule has 140 valence electrons. The van der Waals surface area contributed by atoms with Crippen LogP contribution in [0.25, 0.3) is 11.4 Å². The highest BCUT2D eigenvalue weighted by Crippen LogP contribution is 2.47. The summed E-state index contributed by atoms with van der Waals surface area (Å²) in [4.78, 5) is 13.8. The number of hydroxylamine groups is 2. The first-order valence-corrected chi connectivity index (χ1v) is 9.35. The van der Waals surface area contributed by atoms with Crippen molar-refractivity contribution in [3.63, 3.8) is 0 Å². The maximum Gasteiger partial charge on any atom is 0.287 e. The first-order valence-electron chi connectivity index (χ1n) is 9.35. The number of rotatable bonds is 3. The third-order valence-corrected chi connectivity index (χ3v) is 5.28. The molecule has 28 heavy (non-hydrogen) atoms. The maximum atomic E-state index is 13.8. The molecule has 1 atom stereocenters. The molecule has 0 aliphatic carbocycles. The lowest BCUT2D eigenvalue weighted by Gasteiger charge is -2.50. The second-order valence-electron chi connectivity index (χ2n) is 7.52. The van der Waals surface area contributed by atoms with Crippen LogP contribution in [0.5, 0.6) is 0 Å². The summed E-state index contributed by atoms with van der Waals surface area (Å²) in [6, 6.07) is 27.7. The lowest BCUT2D eigenvalue weighted by atomic mass is 9.83. The van der Waals surface area contributed by atoms with Crippen LogP contribution < -0.4 is 0 Å². The molecule has 3 aromatic carbocycles. The van der Waals surface area contributed by atoms with Gasteiger partial charge >= 0.3 is 0 Å². The molecule has 3 aromatic rings. The van der Waals surface area contributed by atoms with Gasteiger partial charge < -0.3 is 10.3 Å². The standard InChI is InChI=1S/C24H22N2O2/c1-24(2)23(20-16-10-5-11-17-20)25(27)21(18-12-6-3-7-13-18)22(26(24)28)19-14-8-4-9-15-19/h3-17,23H,1-2H3/t23-/m1/s1. The Kier molecular flexibility index (Phi) is 4.57. The van der Waals surface area contributed by atoms with Crippen LogP contribution in [-0.2, 0) is 0 Å². The minimum Gasteiger partial charge on any atom is -0.758 e. The molecule has 4 heteroatoms. The zero-order chi connectivity index (χ0) is 19.7. The molecule has 1 aliphatic rings. The Morgan fingerprint density at radius 1 is 0.786 bits per heavy atom. The van der Waals surface area contributed by atoms with Crippen LogP contribution in [0.15, 0.2) is 91.0 Å². The lowest BCUT2D eigenvalue weighted by molar-refractivity contribution is -0.526. The Hall–Kier alpha value is -3.24. The van der Waals surface area contributed by atoms with Crippen molar-refractivity contribution < 1.29 is 4.76 Å². The van der Waals surface area contributed by atoms with Gasteiger partial charge in [-0.15, -0.1) is 0 Å². The minimum atomic E-state index is -0.952. The van der Waals surface area contributed by atoms with E-state index in [1.807, 2.05) is 105 Å². The molecule has 0 N–H and O–H groups in total. The van der Waals surface area contributed by atoms with Gasteiger partial charge in [0, 0.05) is 20.8 Å². The van der Waals surface area contributed by atoms with Crippen molar-refractivity contribution >= 4 is 11.4 Å². The van der Waals surface area contributed by atoms with Gasteiger partial charge in [0.2, 0.25) is 0 Å². The second-order valence-corrected chi connectivity index (χ2v) is 7.52. The van der Waals surface area contributed by atoms with Crippen molar-refractivity contribution in [1.29, 1.82) is 0 Å². The molecule has 0 amide bonds. The van der Waals surface area contributed by atoms with Gasteiger partial charge in [-0.05, 0) is 26.0 Å². The molecule has 0 spiro atoms. The fourth-order valence-electron chi connectivity index (χ4n) is 3.90. The molecule has 4 nitrogen and oxygen atoms in total. The average molecular weight is 370 g/mol. The fraction of sp³-hybridized carbons (Fsp3) is 0.167. The van der Waals surface area contributed by atoms with E-state index in [0.29, 0.717) is 11.4 Å². The van der Waals surface area contributed by atoms with Crippen LogP contribution in [0.4, 0.5) is 0 Å². The fourth-order valence-corrected chi connectivity index (χ4v) is 3.90. The quantitative estimate of drug-likeness (QED) is 0.562. The normalized spacial score (nSPS) is 19.0. The second kappa shape index (κ2) is 7.06. The predicted molar refractivity (Wildman–Crippen MR) is 112 cm³/mol. The molecule has 1 aliphatic heterocycles. The van der Waals surface area contributed by atoms with E-state index >= 15 is 0 Å². The molecule has 0 fully saturated rings. The smallest absolute Gasteiger partial charge is 0.287 e. The molecular weight excluding hydrogens is 348 g/mol. The molecular formula is C24H22N2O2. The summed E-state index contributed by atoms with van der Waals surface area (Å²) in [7, 11) is 0. The highest BCUT2D eigenvalue weighted by atomic mass is 16.5. The van der Waals surface area contributed by atoms with Crippen LogP contribution in [0.2, 0.25) is 0 Å². The molecule has 1 heterocycles. The molecule has 4 rings (SSSR count). The van der Waals surface area contributed by atoms with Crippen LogP contribution in [-0.4, -0.2) is 15.4 Å². The van der Waals surface area contributed by atoms with Crippen molar-refractivity contribution in [3.05, 3.63) is 118 Å². The summed E-state index contributed by atoms with van der Waals surface area (Å²) in [6.45, 7) is 3.65. The van der Waals surface area contributed by atoms with Crippen molar-refractivity contribution in [3.8, 4) is 0 Å². The van der Waals surface area contributed by atoms with Gasteiger partial charge in [0.15, 0.2) is 0 Å². The average Bonchev–Trinajstić information content (AvgIpc) is 2.72. The van der Waals surface area contributed by atoms with E-state index in [2.05, 4.69) is 0 Å². The maximum absolute atomic E-state index is 13.8. The van der Waals surface area contributed by atoms with Gasteiger partial charge in [0.1, 0.15) is 5.70 Å². The summed E-state index contributed by atoms with van der Waals surface area (Å²) in [5, 5.41) is 14.7. The summed E-state index contributed by atoms with van der Waals surface area (Å²) in [5.41, 5.74) is 2.13. The Labute approximate surface area is 164 Å². The first-order chi connectivity index (χ1) is 13.5. The highest BCUT2D eigenvalue weighted by Gasteiger charge is 2.52. The molecule has 0 saturated heterocycles. The summed E-state index contributed by atoms with van der Waals surface area (Å²) < 4.78 is 1.02. The molecule has 0 saturated carbocycles. The number of hydrogen-bond donors (Lipinski definition) is 0. The molecule has 0 unspecified atom stereocenters. The van der Waals surface area contributed by atoms with Gasteiger partial charge in [-0.3, -0.25) is 0 Å². The third kappa shape index (κ3) is 2.92. The largest absolute Gasteiger partial charge is 0.758 e. The van der Waals surface area contributed by atoms with Crippen LogP contribution in [0, 0.1) is 10.1 Å². The van der Waals surface area contributed by atoms with Gasteiger partial charge in [-0.2, -0.15) is 0 Å². The van der Waals surface area contributed by atoms with E-state index in [1.165, 1.54) is 0 Å². The summed E-state index contributed by atoms with van der Waals surface area (Å²) in [6.07, 6.45) is 0. The van der Waals surface area contributed by atoms with E-state index in [9.17, 15) is 10.1 Å². The van der Waals surface area contributed by atoms with E-state index in [0.717, 1.165) is 26.5 Å². The number of benzene rings is 3. The van der Waals surface area contributed by atoms with Crippen LogP contribution >= 0.6 is 0 Å². The Balaban J connectivity index is 2.01. The van der Waals surface area contributed by atoms with Crippen LogP contribution in [0.3, 0.4) is 0 Å². The monoisotopic (exact) mass is 370 g/mol.